The normalized spacial score (nSPS) is 11.3. The van der Waals surface area contributed by atoms with Gasteiger partial charge in [-0.05, 0) is 45.6 Å². The SMILES string of the molecule is CC#Cc1c(CCC)oc2c(N(Cc3cccs3)C(=O)OC(C)(C)C)c(F)c(Cl)nc12. The molecule has 0 atom stereocenters. The molecule has 0 aliphatic carbocycles. The minimum absolute atomic E-state index is 0.0948. The van der Waals surface area contributed by atoms with Crippen LogP contribution in [0.2, 0.25) is 5.15 Å². The minimum Gasteiger partial charge on any atom is -0.456 e. The molecule has 0 N–H and O–H groups in total. The van der Waals surface area contributed by atoms with Crippen LogP contribution in [-0.4, -0.2) is 16.7 Å². The lowest BCUT2D eigenvalue weighted by Gasteiger charge is -2.27. The van der Waals surface area contributed by atoms with Crippen LogP contribution in [0.4, 0.5) is 14.9 Å². The highest BCUT2D eigenvalue weighted by Gasteiger charge is 2.32. The third kappa shape index (κ3) is 5.03. The summed E-state index contributed by atoms with van der Waals surface area (Å²) in [6, 6.07) is 3.72. The molecule has 0 saturated heterocycles. The summed E-state index contributed by atoms with van der Waals surface area (Å²) in [5.74, 6) is 5.58. The van der Waals surface area contributed by atoms with Gasteiger partial charge in [0.25, 0.3) is 0 Å². The number of carbonyl (C=O) groups is 1. The highest BCUT2D eigenvalue weighted by molar-refractivity contribution is 7.09. The zero-order valence-corrected chi connectivity index (χ0v) is 19.7. The number of rotatable bonds is 5. The highest BCUT2D eigenvalue weighted by Crippen LogP contribution is 2.39. The first-order valence-corrected chi connectivity index (χ1v) is 11.2. The smallest absolute Gasteiger partial charge is 0.415 e. The topological polar surface area (TPSA) is 55.6 Å². The minimum atomic E-state index is -0.843. The van der Waals surface area contributed by atoms with Crippen LogP contribution in [0, 0.1) is 17.7 Å². The molecular weight excluding hydrogens is 439 g/mol. The van der Waals surface area contributed by atoms with E-state index in [0.717, 1.165) is 11.3 Å². The van der Waals surface area contributed by atoms with Crippen LogP contribution in [0.15, 0.2) is 21.9 Å². The van der Waals surface area contributed by atoms with Crippen molar-refractivity contribution in [2.45, 2.75) is 59.6 Å². The molecule has 3 heterocycles. The molecule has 8 heteroatoms. The van der Waals surface area contributed by atoms with E-state index in [2.05, 4.69) is 16.8 Å². The van der Waals surface area contributed by atoms with E-state index < -0.39 is 17.5 Å². The van der Waals surface area contributed by atoms with Crippen molar-refractivity contribution in [3.8, 4) is 11.8 Å². The molecule has 5 nitrogen and oxygen atoms in total. The predicted molar refractivity (Wildman–Crippen MR) is 122 cm³/mol. The van der Waals surface area contributed by atoms with E-state index in [1.54, 1.807) is 27.7 Å². The fourth-order valence-corrected chi connectivity index (χ4v) is 3.96. The number of thiophene rings is 1. The van der Waals surface area contributed by atoms with Gasteiger partial charge in [0.2, 0.25) is 0 Å². The Balaban J connectivity index is 2.27. The van der Waals surface area contributed by atoms with Crippen LogP contribution in [-0.2, 0) is 17.7 Å². The molecule has 3 aromatic heterocycles. The van der Waals surface area contributed by atoms with Crippen molar-refractivity contribution in [2.24, 2.45) is 0 Å². The predicted octanol–water partition coefficient (Wildman–Crippen LogP) is 6.95. The van der Waals surface area contributed by atoms with Crippen LogP contribution in [0.1, 0.15) is 57.2 Å². The molecular formula is C23H24ClFN2O3S. The van der Waals surface area contributed by atoms with Gasteiger partial charge in [-0.1, -0.05) is 30.5 Å². The second-order valence-corrected chi connectivity index (χ2v) is 9.30. The van der Waals surface area contributed by atoms with Crippen LogP contribution in [0.5, 0.6) is 0 Å². The summed E-state index contributed by atoms with van der Waals surface area (Å²) in [6.45, 7) is 9.05. The van der Waals surface area contributed by atoms with Gasteiger partial charge in [-0.3, -0.25) is 4.90 Å². The molecule has 0 saturated carbocycles. The van der Waals surface area contributed by atoms with Crippen molar-refractivity contribution in [2.75, 3.05) is 4.90 Å². The molecule has 0 bridgehead atoms. The van der Waals surface area contributed by atoms with Gasteiger partial charge < -0.3 is 9.15 Å². The van der Waals surface area contributed by atoms with Crippen LogP contribution in [0.25, 0.3) is 11.1 Å². The van der Waals surface area contributed by atoms with Crippen molar-refractivity contribution in [3.05, 3.63) is 44.7 Å². The summed E-state index contributed by atoms with van der Waals surface area (Å²) in [5.41, 5.74) is 0.151. The van der Waals surface area contributed by atoms with Crippen molar-refractivity contribution >= 4 is 45.8 Å². The Morgan fingerprint density at radius 2 is 2.16 bits per heavy atom. The number of aromatic nitrogens is 1. The maximum absolute atomic E-state index is 15.4. The van der Waals surface area contributed by atoms with Crippen LogP contribution >= 0.6 is 22.9 Å². The first kappa shape index (κ1) is 23.1. The maximum atomic E-state index is 15.4. The molecule has 3 rings (SSSR count). The number of hydrogen-bond acceptors (Lipinski definition) is 5. The summed E-state index contributed by atoms with van der Waals surface area (Å²) >= 11 is 7.61. The number of anilines is 1. The quantitative estimate of drug-likeness (QED) is 0.304. The molecule has 164 valence electrons. The second-order valence-electron chi connectivity index (χ2n) is 7.91. The number of ether oxygens (including phenoxy) is 1. The highest BCUT2D eigenvalue weighted by atomic mass is 35.5. The lowest BCUT2D eigenvalue weighted by molar-refractivity contribution is 0.0576. The molecule has 0 unspecified atom stereocenters. The van der Waals surface area contributed by atoms with E-state index in [4.69, 9.17) is 20.8 Å². The van der Waals surface area contributed by atoms with Gasteiger partial charge in [-0.15, -0.1) is 17.3 Å². The number of fused-ring (bicyclic) bond motifs is 1. The average molecular weight is 463 g/mol. The fourth-order valence-electron chi connectivity index (χ4n) is 3.09. The Bertz CT molecular complexity index is 1150. The van der Waals surface area contributed by atoms with Gasteiger partial charge in [0.05, 0.1) is 12.1 Å². The number of pyridine rings is 1. The summed E-state index contributed by atoms with van der Waals surface area (Å²) in [4.78, 5) is 19.4. The summed E-state index contributed by atoms with van der Waals surface area (Å²) < 4.78 is 27.0. The molecule has 0 aromatic carbocycles. The summed E-state index contributed by atoms with van der Waals surface area (Å²) in [5, 5.41) is 1.53. The molecule has 0 spiro atoms. The van der Waals surface area contributed by atoms with Gasteiger partial charge in [-0.2, -0.15) is 0 Å². The number of halogens is 2. The van der Waals surface area contributed by atoms with Crippen LogP contribution < -0.4 is 4.90 Å². The Morgan fingerprint density at radius 1 is 1.42 bits per heavy atom. The van der Waals surface area contributed by atoms with E-state index in [-0.39, 0.29) is 23.0 Å². The largest absolute Gasteiger partial charge is 0.456 e. The van der Waals surface area contributed by atoms with E-state index >= 15 is 4.39 Å². The van der Waals surface area contributed by atoms with E-state index in [1.165, 1.54) is 16.2 Å². The molecule has 3 aromatic rings. The number of nitrogens with zero attached hydrogens (tertiary/aromatic N) is 2. The standard InChI is InChI=1S/C23H24ClFN2O3S/c1-6-9-15-16(10-7-2)29-20-18(15)26-21(24)17(25)19(20)27(13-14-11-8-12-31-14)22(28)30-23(3,4)5/h8,11-12H,7,10,13H2,1-5H3. The lowest BCUT2D eigenvalue weighted by Crippen LogP contribution is -2.37. The third-order valence-electron chi connectivity index (χ3n) is 4.27. The molecule has 1 amide bonds. The number of aryl methyl sites for hydroxylation is 1. The Morgan fingerprint density at radius 3 is 2.74 bits per heavy atom. The van der Waals surface area contributed by atoms with Gasteiger partial charge >= 0.3 is 6.09 Å². The van der Waals surface area contributed by atoms with Crippen molar-refractivity contribution in [3.63, 3.8) is 0 Å². The molecule has 0 radical (unpaired) electrons. The van der Waals surface area contributed by atoms with Crippen molar-refractivity contribution in [1.29, 1.82) is 0 Å². The third-order valence-corrected chi connectivity index (χ3v) is 5.39. The van der Waals surface area contributed by atoms with Crippen molar-refractivity contribution in [1.82, 2.24) is 4.98 Å². The number of amides is 1. The Labute approximate surface area is 190 Å². The number of carbonyl (C=O) groups excluding carboxylic acids is 1. The monoisotopic (exact) mass is 462 g/mol. The number of hydrogen-bond donors (Lipinski definition) is 0. The zero-order chi connectivity index (χ0) is 22.8. The molecule has 0 fully saturated rings. The van der Waals surface area contributed by atoms with Gasteiger partial charge in [0.1, 0.15) is 22.6 Å². The summed E-state index contributed by atoms with van der Waals surface area (Å²) in [6.07, 6.45) is 0.686. The van der Waals surface area contributed by atoms with Crippen LogP contribution in [0.3, 0.4) is 0 Å². The van der Waals surface area contributed by atoms with E-state index in [9.17, 15) is 4.79 Å². The fraction of sp³-hybridized carbons (Fsp3) is 0.391. The van der Waals surface area contributed by atoms with Gasteiger partial charge in [-0.25, -0.2) is 14.2 Å². The lowest BCUT2D eigenvalue weighted by atomic mass is 10.1. The Hall–Kier alpha value is -2.56. The zero-order valence-electron chi connectivity index (χ0n) is 18.1. The average Bonchev–Trinajstić information content (AvgIpc) is 3.30. The first-order chi connectivity index (χ1) is 14.7. The first-order valence-electron chi connectivity index (χ1n) is 9.92. The van der Waals surface area contributed by atoms with E-state index in [0.29, 0.717) is 23.3 Å². The van der Waals surface area contributed by atoms with E-state index in [1.807, 2.05) is 24.4 Å². The molecule has 0 aliphatic rings. The molecule has 31 heavy (non-hydrogen) atoms. The molecule has 0 aliphatic heterocycles. The van der Waals surface area contributed by atoms with Gasteiger partial charge in [0, 0.05) is 11.3 Å². The summed E-state index contributed by atoms with van der Waals surface area (Å²) in [7, 11) is 0. The van der Waals surface area contributed by atoms with Crippen molar-refractivity contribution < 1.29 is 18.3 Å². The van der Waals surface area contributed by atoms with Gasteiger partial charge in [0.15, 0.2) is 16.6 Å². The number of furan rings is 1. The maximum Gasteiger partial charge on any atom is 0.415 e. The second kappa shape index (κ2) is 9.29. The Kier molecular flexibility index (Phi) is 6.93.